The summed E-state index contributed by atoms with van der Waals surface area (Å²) in [6, 6.07) is 0. The summed E-state index contributed by atoms with van der Waals surface area (Å²) in [5.41, 5.74) is 0. The summed E-state index contributed by atoms with van der Waals surface area (Å²) in [5.74, 6) is -2.02. The zero-order valence-electron chi connectivity index (χ0n) is 51.8. The molecule has 0 saturated carbocycles. The average Bonchev–Trinajstić information content (AvgIpc) is 3.42. The number of esters is 2. The van der Waals surface area contributed by atoms with E-state index in [2.05, 4.69) is 111 Å². The molecule has 454 valence electrons. The highest BCUT2D eigenvalue weighted by atomic mass is 16.7. The van der Waals surface area contributed by atoms with Gasteiger partial charge in [0.25, 0.3) is 6.29 Å². The molecule has 0 spiro atoms. The Morgan fingerprint density at radius 2 is 0.722 bits per heavy atom. The number of quaternary nitrogens is 1. The standard InChI is InChI=1S/C70H121NO8/c1-6-8-10-12-14-16-18-20-22-24-26-28-30-32-33-34-35-37-38-40-42-44-46-48-50-52-54-56-58-60-67(72)77-64-66(65-78-70(69(74)75)76-63-62-71(3,4)5)79-68(73)61-59-57-55-53-51-49-47-45-43-41-39-36-31-29-27-25-23-21-19-17-15-13-11-9-7-2/h9,11,15,17-18,20-21,23-24,26-27,29,36,39,43,45,66,70H,6-8,10,12-14,16,19,22,25,28,30-35,37-38,40-42,44,46-65H2,1-5H3/p+1/b11-9-,17-15-,20-18-,23-21-,26-24-,29-27-,39-36-,45-43-. The van der Waals surface area contributed by atoms with Gasteiger partial charge in [-0.25, -0.2) is 4.79 Å². The Hall–Kier alpha value is -3.79. The molecule has 0 saturated heterocycles. The molecule has 9 nitrogen and oxygen atoms in total. The lowest BCUT2D eigenvalue weighted by molar-refractivity contribution is -0.870. The van der Waals surface area contributed by atoms with Crippen LogP contribution in [0.5, 0.6) is 0 Å². The summed E-state index contributed by atoms with van der Waals surface area (Å²) in [4.78, 5) is 37.5. The normalized spacial score (nSPS) is 13.4. The van der Waals surface area contributed by atoms with Crippen LogP contribution < -0.4 is 0 Å². The maximum atomic E-state index is 12.9. The highest BCUT2D eigenvalue weighted by molar-refractivity contribution is 5.71. The Morgan fingerprint density at radius 3 is 1.08 bits per heavy atom. The molecule has 0 radical (unpaired) electrons. The Kier molecular flexibility index (Phi) is 57.4. The number of nitrogens with zero attached hydrogens (tertiary/aromatic N) is 1. The number of ether oxygens (including phenoxy) is 4. The zero-order chi connectivity index (χ0) is 57.6. The first kappa shape index (κ1) is 75.2. The van der Waals surface area contributed by atoms with E-state index in [0.29, 0.717) is 23.9 Å². The molecule has 9 heteroatoms. The van der Waals surface area contributed by atoms with Crippen LogP contribution in [0.4, 0.5) is 0 Å². The van der Waals surface area contributed by atoms with Crippen molar-refractivity contribution in [2.75, 3.05) is 47.5 Å². The van der Waals surface area contributed by atoms with Crippen molar-refractivity contribution < 1.29 is 42.9 Å². The lowest BCUT2D eigenvalue weighted by Crippen LogP contribution is -2.40. The Bertz CT molecular complexity index is 1620. The van der Waals surface area contributed by atoms with Crippen LogP contribution in [0.1, 0.15) is 271 Å². The SMILES string of the molecule is CC/C=C\C/C=C\C/C=C\C/C=C\C/C=C\C/C=C\CCCCCCCCC(=O)OC(COC(=O)CCCCCCCCCCCCCCCCCCC/C=C\C/C=C\CCCCCCC)COC(OCC[N+](C)(C)C)C(=O)O. The fraction of sp³-hybridized carbons (Fsp3) is 0.729. The molecule has 0 rings (SSSR count). The maximum Gasteiger partial charge on any atom is 0.361 e. The fourth-order valence-electron chi connectivity index (χ4n) is 8.87. The number of allylic oxidation sites excluding steroid dienone is 16. The van der Waals surface area contributed by atoms with Crippen molar-refractivity contribution in [1.82, 2.24) is 0 Å². The molecule has 0 fully saturated rings. The molecule has 1 N–H and O–H groups in total. The van der Waals surface area contributed by atoms with Crippen molar-refractivity contribution in [2.45, 2.75) is 283 Å². The van der Waals surface area contributed by atoms with Crippen molar-refractivity contribution in [1.29, 1.82) is 0 Å². The summed E-state index contributed by atoms with van der Waals surface area (Å²) in [5, 5.41) is 9.73. The molecule has 0 aromatic carbocycles. The minimum absolute atomic E-state index is 0.181. The smallest absolute Gasteiger partial charge is 0.361 e. The van der Waals surface area contributed by atoms with Crippen LogP contribution in [-0.4, -0.2) is 87.4 Å². The van der Waals surface area contributed by atoms with Crippen molar-refractivity contribution in [2.24, 2.45) is 0 Å². The van der Waals surface area contributed by atoms with E-state index in [1.54, 1.807) is 0 Å². The van der Waals surface area contributed by atoms with E-state index in [4.69, 9.17) is 18.9 Å². The summed E-state index contributed by atoms with van der Waals surface area (Å²) in [6.45, 7) is 4.75. The predicted molar refractivity (Wildman–Crippen MR) is 336 cm³/mol. The molecule has 0 heterocycles. The van der Waals surface area contributed by atoms with Crippen LogP contribution in [0.15, 0.2) is 97.2 Å². The quantitative estimate of drug-likeness (QED) is 0.0211. The summed E-state index contributed by atoms with van der Waals surface area (Å²) in [7, 11) is 5.97. The molecule has 79 heavy (non-hydrogen) atoms. The molecule has 0 aliphatic rings. The molecular formula is C70H122NO8+. The summed E-state index contributed by atoms with van der Waals surface area (Å²) >= 11 is 0. The number of carboxylic acid groups (broad SMARTS) is 1. The van der Waals surface area contributed by atoms with Crippen molar-refractivity contribution in [3.05, 3.63) is 97.2 Å². The Morgan fingerprint density at radius 1 is 0.392 bits per heavy atom. The number of aliphatic carboxylic acids is 1. The second kappa shape index (κ2) is 60.3. The molecular weight excluding hydrogens is 983 g/mol. The molecule has 0 amide bonds. The third kappa shape index (κ3) is 61.7. The molecule has 0 aromatic heterocycles. The summed E-state index contributed by atoms with van der Waals surface area (Å²) in [6.07, 6.45) is 79.3. The molecule has 0 aliphatic heterocycles. The van der Waals surface area contributed by atoms with Crippen LogP contribution in [-0.2, 0) is 33.3 Å². The van der Waals surface area contributed by atoms with E-state index < -0.39 is 24.3 Å². The maximum absolute atomic E-state index is 12.9. The molecule has 0 aliphatic carbocycles. The molecule has 2 unspecified atom stereocenters. The number of unbranched alkanes of at least 4 members (excludes halogenated alkanes) is 28. The van der Waals surface area contributed by atoms with Gasteiger partial charge in [-0.2, -0.15) is 0 Å². The lowest BCUT2D eigenvalue weighted by Gasteiger charge is -2.25. The first-order valence-electron chi connectivity index (χ1n) is 32.4. The highest BCUT2D eigenvalue weighted by Crippen LogP contribution is 2.16. The van der Waals surface area contributed by atoms with Gasteiger partial charge in [-0.1, -0.05) is 259 Å². The fourth-order valence-corrected chi connectivity index (χ4v) is 8.87. The van der Waals surface area contributed by atoms with E-state index in [1.807, 2.05) is 21.1 Å². The number of rotatable bonds is 59. The predicted octanol–water partition coefficient (Wildman–Crippen LogP) is 19.7. The van der Waals surface area contributed by atoms with Crippen LogP contribution >= 0.6 is 0 Å². The second-order valence-corrected chi connectivity index (χ2v) is 22.7. The van der Waals surface area contributed by atoms with Crippen molar-refractivity contribution in [3.8, 4) is 0 Å². The van der Waals surface area contributed by atoms with Gasteiger partial charge in [0.15, 0.2) is 6.10 Å². The molecule has 0 aromatic rings. The molecule has 2 atom stereocenters. The van der Waals surface area contributed by atoms with E-state index >= 15 is 0 Å². The lowest BCUT2D eigenvalue weighted by atomic mass is 10.0. The highest BCUT2D eigenvalue weighted by Gasteiger charge is 2.25. The first-order chi connectivity index (χ1) is 38.6. The minimum atomic E-state index is -1.52. The van der Waals surface area contributed by atoms with Gasteiger partial charge in [-0.05, 0) is 96.3 Å². The van der Waals surface area contributed by atoms with Gasteiger partial charge in [-0.3, -0.25) is 9.59 Å². The third-order valence-electron chi connectivity index (χ3n) is 13.8. The van der Waals surface area contributed by atoms with Crippen molar-refractivity contribution in [3.63, 3.8) is 0 Å². The largest absolute Gasteiger partial charge is 0.477 e. The number of likely N-dealkylation sites (N-methyl/N-ethyl adjacent to an activating group) is 1. The third-order valence-corrected chi connectivity index (χ3v) is 13.8. The Labute approximate surface area is 486 Å². The van der Waals surface area contributed by atoms with Gasteiger partial charge < -0.3 is 28.5 Å². The van der Waals surface area contributed by atoms with Gasteiger partial charge in [-0.15, -0.1) is 0 Å². The first-order valence-corrected chi connectivity index (χ1v) is 32.4. The molecule has 0 bridgehead atoms. The average molecular weight is 1110 g/mol. The van der Waals surface area contributed by atoms with Crippen LogP contribution in [0.3, 0.4) is 0 Å². The van der Waals surface area contributed by atoms with Gasteiger partial charge >= 0.3 is 17.9 Å². The minimum Gasteiger partial charge on any atom is -0.477 e. The van der Waals surface area contributed by atoms with E-state index in [-0.39, 0.29) is 32.2 Å². The van der Waals surface area contributed by atoms with Gasteiger partial charge in [0.2, 0.25) is 0 Å². The second-order valence-electron chi connectivity index (χ2n) is 22.7. The number of hydrogen-bond donors (Lipinski definition) is 1. The van der Waals surface area contributed by atoms with Crippen LogP contribution in [0, 0.1) is 0 Å². The van der Waals surface area contributed by atoms with Gasteiger partial charge in [0.1, 0.15) is 13.2 Å². The van der Waals surface area contributed by atoms with E-state index in [0.717, 1.165) is 103 Å². The van der Waals surface area contributed by atoms with E-state index in [1.165, 1.54) is 135 Å². The van der Waals surface area contributed by atoms with Crippen LogP contribution in [0.25, 0.3) is 0 Å². The number of hydrogen-bond acceptors (Lipinski definition) is 7. The summed E-state index contributed by atoms with van der Waals surface area (Å²) < 4.78 is 22.9. The van der Waals surface area contributed by atoms with Gasteiger partial charge in [0.05, 0.1) is 34.4 Å². The number of carbonyl (C=O) groups excluding carboxylic acids is 2. The van der Waals surface area contributed by atoms with Crippen LogP contribution in [0.2, 0.25) is 0 Å². The monoisotopic (exact) mass is 1100 g/mol. The van der Waals surface area contributed by atoms with E-state index in [9.17, 15) is 19.5 Å². The number of carboxylic acids is 1. The van der Waals surface area contributed by atoms with Gasteiger partial charge in [0, 0.05) is 12.8 Å². The Balaban J connectivity index is 4.20. The topological polar surface area (TPSA) is 108 Å². The number of carbonyl (C=O) groups is 3. The van der Waals surface area contributed by atoms with Crippen molar-refractivity contribution >= 4 is 17.9 Å². The zero-order valence-corrected chi connectivity index (χ0v) is 51.8.